The third kappa shape index (κ3) is 3.36. The van der Waals surface area contributed by atoms with Crippen LogP contribution in [-0.2, 0) is 10.3 Å². The first-order chi connectivity index (χ1) is 12.6. The molecule has 4 rings (SSSR count). The van der Waals surface area contributed by atoms with Crippen molar-refractivity contribution in [2.75, 3.05) is 31.6 Å². The van der Waals surface area contributed by atoms with Crippen molar-refractivity contribution in [3.8, 4) is 0 Å². The number of amides is 1. The molecule has 6 heteroatoms. The highest BCUT2D eigenvalue weighted by atomic mass is 16.5. The van der Waals surface area contributed by atoms with Gasteiger partial charge in [-0.3, -0.25) is 4.79 Å². The van der Waals surface area contributed by atoms with Gasteiger partial charge in [-0.25, -0.2) is 4.68 Å². The summed E-state index contributed by atoms with van der Waals surface area (Å²) < 4.78 is 7.54. The summed E-state index contributed by atoms with van der Waals surface area (Å²) in [5.41, 5.74) is 0.656. The van der Waals surface area contributed by atoms with Gasteiger partial charge >= 0.3 is 0 Å². The number of aromatic nitrogens is 2. The average Bonchev–Trinajstić information content (AvgIpc) is 2.89. The molecule has 1 aromatic heterocycles. The Morgan fingerprint density at radius 2 is 2.00 bits per heavy atom. The molecule has 144 valence electrons. The first kappa shape index (κ1) is 17.8. The summed E-state index contributed by atoms with van der Waals surface area (Å²) in [6.07, 6.45) is 10.4. The smallest absolute Gasteiger partial charge is 0.259 e. The molecule has 3 heterocycles. The lowest BCUT2D eigenvalue weighted by Crippen LogP contribution is -2.46. The maximum absolute atomic E-state index is 13.2. The van der Waals surface area contributed by atoms with Crippen molar-refractivity contribution < 1.29 is 9.53 Å². The van der Waals surface area contributed by atoms with E-state index in [0.29, 0.717) is 25.1 Å². The molecule has 0 aromatic carbocycles. The molecule has 1 aromatic rings. The van der Waals surface area contributed by atoms with Crippen LogP contribution in [0.5, 0.6) is 0 Å². The highest BCUT2D eigenvalue weighted by Crippen LogP contribution is 2.39. The third-order valence-corrected chi connectivity index (χ3v) is 6.34. The number of nitrogens with one attached hydrogen (secondary N) is 1. The third-order valence-electron chi connectivity index (χ3n) is 6.34. The van der Waals surface area contributed by atoms with Crippen LogP contribution in [0.25, 0.3) is 0 Å². The lowest BCUT2D eigenvalue weighted by atomic mass is 9.78. The number of carbonyl (C=O) groups is 1. The summed E-state index contributed by atoms with van der Waals surface area (Å²) in [7, 11) is 0. The van der Waals surface area contributed by atoms with Crippen molar-refractivity contribution in [3.05, 3.63) is 11.8 Å². The molecule has 26 heavy (non-hydrogen) atoms. The quantitative estimate of drug-likeness (QED) is 0.879. The maximum atomic E-state index is 13.2. The van der Waals surface area contributed by atoms with E-state index in [-0.39, 0.29) is 11.4 Å². The monoisotopic (exact) mass is 360 g/mol. The number of fused-ring (bicyclic) bond motifs is 1. The summed E-state index contributed by atoms with van der Waals surface area (Å²) in [5, 5.41) is 8.33. The van der Waals surface area contributed by atoms with Crippen LogP contribution in [0.2, 0.25) is 0 Å². The SMILES string of the molecule is CC1(C)CC(C2CCCCC2)Nc2c(C(=O)N3CCCOCC3)cnn21. The summed E-state index contributed by atoms with van der Waals surface area (Å²) in [5.74, 6) is 1.72. The van der Waals surface area contributed by atoms with E-state index in [0.717, 1.165) is 37.4 Å². The summed E-state index contributed by atoms with van der Waals surface area (Å²) in [4.78, 5) is 15.1. The van der Waals surface area contributed by atoms with Gasteiger partial charge in [0, 0.05) is 25.7 Å². The number of rotatable bonds is 2. The number of hydrogen-bond acceptors (Lipinski definition) is 4. The van der Waals surface area contributed by atoms with E-state index < -0.39 is 0 Å². The van der Waals surface area contributed by atoms with Crippen LogP contribution in [0.3, 0.4) is 0 Å². The van der Waals surface area contributed by atoms with Gasteiger partial charge in [0.25, 0.3) is 5.91 Å². The minimum Gasteiger partial charge on any atom is -0.380 e. The Labute approximate surface area is 156 Å². The van der Waals surface area contributed by atoms with Gasteiger partial charge < -0.3 is 15.0 Å². The zero-order chi connectivity index (χ0) is 18.1. The van der Waals surface area contributed by atoms with Crippen molar-refractivity contribution in [2.45, 2.75) is 70.4 Å². The molecule has 1 aliphatic carbocycles. The highest BCUT2D eigenvalue weighted by Gasteiger charge is 2.39. The van der Waals surface area contributed by atoms with Crippen molar-refractivity contribution >= 4 is 11.7 Å². The maximum Gasteiger partial charge on any atom is 0.259 e. The molecule has 1 amide bonds. The number of anilines is 1. The van der Waals surface area contributed by atoms with Crippen molar-refractivity contribution in [3.63, 3.8) is 0 Å². The Kier molecular flexibility index (Phi) is 4.95. The second-order valence-corrected chi connectivity index (χ2v) is 8.74. The Morgan fingerprint density at radius 1 is 1.19 bits per heavy atom. The van der Waals surface area contributed by atoms with E-state index in [2.05, 4.69) is 24.3 Å². The fourth-order valence-electron chi connectivity index (χ4n) is 4.89. The molecule has 0 radical (unpaired) electrons. The van der Waals surface area contributed by atoms with Gasteiger partial charge in [-0.05, 0) is 45.4 Å². The molecular formula is C20H32N4O2. The molecule has 1 atom stereocenters. The minimum atomic E-state index is -0.0663. The summed E-state index contributed by atoms with van der Waals surface area (Å²) in [6.45, 7) is 7.28. The molecule has 3 aliphatic rings. The molecule has 2 fully saturated rings. The highest BCUT2D eigenvalue weighted by molar-refractivity contribution is 5.99. The molecule has 1 N–H and O–H groups in total. The van der Waals surface area contributed by atoms with Gasteiger partial charge in [-0.1, -0.05) is 19.3 Å². The Morgan fingerprint density at radius 3 is 2.81 bits per heavy atom. The van der Waals surface area contributed by atoms with E-state index in [9.17, 15) is 4.79 Å². The Bertz CT molecular complexity index is 640. The van der Waals surface area contributed by atoms with E-state index in [1.54, 1.807) is 6.20 Å². The molecule has 0 spiro atoms. The molecular weight excluding hydrogens is 328 g/mol. The predicted octanol–water partition coefficient (Wildman–Crippen LogP) is 3.25. The average molecular weight is 361 g/mol. The van der Waals surface area contributed by atoms with Gasteiger partial charge in [0.15, 0.2) is 0 Å². The largest absolute Gasteiger partial charge is 0.380 e. The van der Waals surface area contributed by atoms with Crippen LogP contribution in [0.4, 0.5) is 5.82 Å². The van der Waals surface area contributed by atoms with Crippen LogP contribution in [0, 0.1) is 5.92 Å². The zero-order valence-corrected chi connectivity index (χ0v) is 16.2. The van der Waals surface area contributed by atoms with E-state index >= 15 is 0 Å². The second kappa shape index (κ2) is 7.22. The lowest BCUT2D eigenvalue weighted by Gasteiger charge is -2.42. The number of hydrogen-bond donors (Lipinski definition) is 1. The molecule has 1 unspecified atom stereocenters. The normalized spacial score (nSPS) is 26.7. The van der Waals surface area contributed by atoms with Crippen LogP contribution in [-0.4, -0.2) is 52.9 Å². The first-order valence-corrected chi connectivity index (χ1v) is 10.3. The topological polar surface area (TPSA) is 59.4 Å². The van der Waals surface area contributed by atoms with Crippen molar-refractivity contribution in [1.29, 1.82) is 0 Å². The molecule has 6 nitrogen and oxygen atoms in total. The number of ether oxygens (including phenoxy) is 1. The van der Waals surface area contributed by atoms with E-state index in [1.807, 2.05) is 9.58 Å². The zero-order valence-electron chi connectivity index (χ0n) is 16.2. The van der Waals surface area contributed by atoms with Crippen molar-refractivity contribution in [2.24, 2.45) is 5.92 Å². The number of nitrogens with zero attached hydrogens (tertiary/aromatic N) is 3. The minimum absolute atomic E-state index is 0.0663. The first-order valence-electron chi connectivity index (χ1n) is 10.3. The molecule has 1 saturated heterocycles. The predicted molar refractivity (Wildman–Crippen MR) is 101 cm³/mol. The summed E-state index contributed by atoms with van der Waals surface area (Å²) >= 11 is 0. The van der Waals surface area contributed by atoms with Gasteiger partial charge in [0.1, 0.15) is 11.4 Å². The van der Waals surface area contributed by atoms with Gasteiger partial charge in [-0.2, -0.15) is 5.10 Å². The standard InChI is InChI=1S/C20H32N4O2/c1-20(2)13-17(15-7-4-3-5-8-15)22-18-16(14-21-24(18)20)19(25)23-9-6-11-26-12-10-23/h14-15,17,22H,3-13H2,1-2H3. The van der Waals surface area contributed by atoms with E-state index in [1.165, 1.54) is 32.1 Å². The Balaban J connectivity index is 1.59. The fraction of sp³-hybridized carbons (Fsp3) is 0.800. The molecule has 2 aliphatic heterocycles. The van der Waals surface area contributed by atoms with Crippen LogP contribution in [0.15, 0.2) is 6.20 Å². The van der Waals surface area contributed by atoms with Crippen LogP contribution in [0.1, 0.15) is 69.2 Å². The van der Waals surface area contributed by atoms with E-state index in [4.69, 9.17) is 4.74 Å². The van der Waals surface area contributed by atoms with Crippen LogP contribution < -0.4 is 5.32 Å². The number of carbonyl (C=O) groups excluding carboxylic acids is 1. The molecule has 0 bridgehead atoms. The van der Waals surface area contributed by atoms with Gasteiger partial charge in [0.2, 0.25) is 0 Å². The fourth-order valence-corrected chi connectivity index (χ4v) is 4.89. The summed E-state index contributed by atoms with van der Waals surface area (Å²) in [6, 6.07) is 0.438. The van der Waals surface area contributed by atoms with Gasteiger partial charge in [-0.15, -0.1) is 0 Å². The van der Waals surface area contributed by atoms with Gasteiger partial charge in [0.05, 0.1) is 18.3 Å². The van der Waals surface area contributed by atoms with Crippen molar-refractivity contribution in [1.82, 2.24) is 14.7 Å². The van der Waals surface area contributed by atoms with Crippen LogP contribution >= 0.6 is 0 Å². The second-order valence-electron chi connectivity index (χ2n) is 8.74. The lowest BCUT2D eigenvalue weighted by molar-refractivity contribution is 0.0741. The molecule has 1 saturated carbocycles. The Hall–Kier alpha value is -1.56.